The lowest BCUT2D eigenvalue weighted by molar-refractivity contribution is -0.134. The topological polar surface area (TPSA) is 69.7 Å². The molecule has 1 heterocycles. The van der Waals surface area contributed by atoms with Crippen LogP contribution in [-0.2, 0) is 23.8 Å². The molecular weight excluding hydrogens is 301 g/mol. The van der Waals surface area contributed by atoms with Crippen molar-refractivity contribution >= 4 is 21.7 Å². The van der Waals surface area contributed by atoms with Gasteiger partial charge in [-0.2, -0.15) is 21.6 Å². The van der Waals surface area contributed by atoms with Crippen molar-refractivity contribution in [1.29, 1.82) is 0 Å². The van der Waals surface area contributed by atoms with Gasteiger partial charge in [-0.3, -0.25) is 0 Å². The zero-order chi connectivity index (χ0) is 15.0. The molecule has 0 spiro atoms. The van der Waals surface area contributed by atoms with Crippen LogP contribution >= 0.6 is 0 Å². The van der Waals surface area contributed by atoms with Crippen LogP contribution in [0.5, 0.6) is 0 Å². The predicted octanol–water partition coefficient (Wildman–Crippen LogP) is 1.82. The van der Waals surface area contributed by atoms with E-state index in [2.05, 4.69) is 8.92 Å². The quantitative estimate of drug-likeness (QED) is 0.484. The molecule has 0 aliphatic carbocycles. The van der Waals surface area contributed by atoms with Crippen molar-refractivity contribution in [2.45, 2.75) is 5.51 Å². The summed E-state index contributed by atoms with van der Waals surface area (Å²) < 4.78 is 67.1. The van der Waals surface area contributed by atoms with E-state index in [4.69, 9.17) is 0 Å². The molecular formula is C11H7F3O5S. The van der Waals surface area contributed by atoms with Gasteiger partial charge in [-0.1, -0.05) is 30.3 Å². The highest BCUT2D eigenvalue weighted by atomic mass is 32.2. The van der Waals surface area contributed by atoms with Gasteiger partial charge < -0.3 is 8.92 Å². The van der Waals surface area contributed by atoms with E-state index in [0.717, 1.165) is 0 Å². The molecule has 0 saturated carbocycles. The fourth-order valence-electron chi connectivity index (χ4n) is 1.52. The van der Waals surface area contributed by atoms with Crippen LogP contribution in [0.2, 0.25) is 0 Å². The average Bonchev–Trinajstić information content (AvgIpc) is 2.69. The van der Waals surface area contributed by atoms with E-state index in [0.29, 0.717) is 0 Å². The van der Waals surface area contributed by atoms with Crippen molar-refractivity contribution in [3.63, 3.8) is 0 Å². The monoisotopic (exact) mass is 308 g/mol. The molecule has 0 unspecified atom stereocenters. The average molecular weight is 308 g/mol. The Morgan fingerprint density at radius 3 is 2.30 bits per heavy atom. The first-order valence-electron chi connectivity index (χ1n) is 5.19. The summed E-state index contributed by atoms with van der Waals surface area (Å²) in [5.74, 6) is -1.62. The van der Waals surface area contributed by atoms with Crippen LogP contribution in [0, 0.1) is 0 Å². The minimum Gasteiger partial charge on any atom is -0.454 e. The number of hydrogen-bond donors (Lipinski definition) is 0. The van der Waals surface area contributed by atoms with E-state index in [1.54, 1.807) is 6.07 Å². The summed E-state index contributed by atoms with van der Waals surface area (Å²) in [6, 6.07) is 7.53. The van der Waals surface area contributed by atoms with Crippen molar-refractivity contribution in [2.75, 3.05) is 6.61 Å². The highest BCUT2D eigenvalue weighted by molar-refractivity contribution is 7.87. The Morgan fingerprint density at radius 2 is 1.75 bits per heavy atom. The third-order valence-corrected chi connectivity index (χ3v) is 3.36. The van der Waals surface area contributed by atoms with Crippen molar-refractivity contribution in [3.8, 4) is 0 Å². The first-order chi connectivity index (χ1) is 9.22. The van der Waals surface area contributed by atoms with Gasteiger partial charge >= 0.3 is 21.6 Å². The van der Waals surface area contributed by atoms with E-state index >= 15 is 0 Å². The second-order valence-corrected chi connectivity index (χ2v) is 5.26. The van der Waals surface area contributed by atoms with Crippen LogP contribution in [0.25, 0.3) is 5.57 Å². The Kier molecular flexibility index (Phi) is 3.46. The number of cyclic esters (lactones) is 1. The van der Waals surface area contributed by atoms with Gasteiger partial charge in [-0.25, -0.2) is 4.79 Å². The Morgan fingerprint density at radius 1 is 1.15 bits per heavy atom. The van der Waals surface area contributed by atoms with Gasteiger partial charge in [0.25, 0.3) is 0 Å². The smallest absolute Gasteiger partial charge is 0.454 e. The van der Waals surface area contributed by atoms with Crippen LogP contribution in [0.3, 0.4) is 0 Å². The molecule has 108 valence electrons. The second-order valence-electron chi connectivity index (χ2n) is 3.72. The van der Waals surface area contributed by atoms with Crippen LogP contribution in [0.15, 0.2) is 36.1 Å². The van der Waals surface area contributed by atoms with Gasteiger partial charge in [0.05, 0.1) is 0 Å². The van der Waals surface area contributed by atoms with Gasteiger partial charge in [0.1, 0.15) is 5.57 Å². The molecule has 0 saturated heterocycles. The maximum absolute atomic E-state index is 12.3. The van der Waals surface area contributed by atoms with E-state index in [1.165, 1.54) is 24.3 Å². The Bertz CT molecular complexity index is 661. The largest absolute Gasteiger partial charge is 0.534 e. The maximum atomic E-state index is 12.3. The molecule has 0 bridgehead atoms. The number of carbonyl (C=O) groups excluding carboxylic acids is 1. The summed E-state index contributed by atoms with van der Waals surface area (Å²) in [7, 11) is -5.84. The number of benzene rings is 1. The summed E-state index contributed by atoms with van der Waals surface area (Å²) in [6.45, 7) is -0.668. The molecule has 0 aromatic heterocycles. The molecule has 1 aromatic carbocycles. The van der Waals surface area contributed by atoms with Gasteiger partial charge in [0.2, 0.25) is 0 Å². The molecule has 0 atom stereocenters. The SMILES string of the molecule is O=C1OCC(OS(=O)(=O)C(F)(F)F)=C1c1ccccc1. The van der Waals surface area contributed by atoms with Gasteiger partial charge in [0, 0.05) is 0 Å². The fourth-order valence-corrected chi connectivity index (χ4v) is 2.01. The molecule has 0 amide bonds. The first kappa shape index (κ1) is 14.4. The highest BCUT2D eigenvalue weighted by Crippen LogP contribution is 2.32. The molecule has 1 aliphatic rings. The second kappa shape index (κ2) is 4.82. The lowest BCUT2D eigenvalue weighted by Crippen LogP contribution is -2.25. The Balaban J connectivity index is 2.44. The molecule has 1 aromatic rings. The van der Waals surface area contributed by atoms with Crippen molar-refractivity contribution < 1.29 is 35.3 Å². The third kappa shape index (κ3) is 2.62. The zero-order valence-electron chi connectivity index (χ0n) is 9.68. The summed E-state index contributed by atoms with van der Waals surface area (Å²) >= 11 is 0. The van der Waals surface area contributed by atoms with Crippen LogP contribution in [0.1, 0.15) is 5.56 Å². The van der Waals surface area contributed by atoms with Gasteiger partial charge in [-0.05, 0) is 5.56 Å². The number of halogens is 3. The first-order valence-corrected chi connectivity index (χ1v) is 6.59. The predicted molar refractivity (Wildman–Crippen MR) is 60.4 cm³/mol. The Labute approximate surface area is 111 Å². The third-order valence-electron chi connectivity index (χ3n) is 2.37. The van der Waals surface area contributed by atoms with Crippen LogP contribution < -0.4 is 0 Å². The molecule has 0 fully saturated rings. The minimum atomic E-state index is -5.84. The molecule has 5 nitrogen and oxygen atoms in total. The van der Waals surface area contributed by atoms with E-state index in [-0.39, 0.29) is 11.1 Å². The van der Waals surface area contributed by atoms with E-state index < -0.39 is 34.0 Å². The molecule has 0 radical (unpaired) electrons. The van der Waals surface area contributed by atoms with Crippen LogP contribution in [0.4, 0.5) is 13.2 Å². The molecule has 20 heavy (non-hydrogen) atoms. The van der Waals surface area contributed by atoms with E-state index in [1.807, 2.05) is 0 Å². The normalized spacial score (nSPS) is 16.2. The number of ether oxygens (including phenoxy) is 1. The maximum Gasteiger partial charge on any atom is 0.534 e. The summed E-state index contributed by atoms with van der Waals surface area (Å²) in [4.78, 5) is 11.5. The zero-order valence-corrected chi connectivity index (χ0v) is 10.5. The van der Waals surface area contributed by atoms with Gasteiger partial charge in [0.15, 0.2) is 12.4 Å². The number of hydrogen-bond acceptors (Lipinski definition) is 5. The van der Waals surface area contributed by atoms with Crippen molar-refractivity contribution in [3.05, 3.63) is 41.7 Å². The lowest BCUT2D eigenvalue weighted by Gasteiger charge is -2.10. The molecule has 9 heteroatoms. The summed E-state index contributed by atoms with van der Waals surface area (Å²) in [5, 5.41) is 0. The van der Waals surface area contributed by atoms with Crippen molar-refractivity contribution in [2.24, 2.45) is 0 Å². The minimum absolute atomic E-state index is 0.211. The number of alkyl halides is 3. The molecule has 2 rings (SSSR count). The molecule has 1 aliphatic heterocycles. The fraction of sp³-hybridized carbons (Fsp3) is 0.182. The number of esters is 1. The number of rotatable bonds is 3. The van der Waals surface area contributed by atoms with Gasteiger partial charge in [-0.15, -0.1) is 0 Å². The standard InChI is InChI=1S/C11H7F3O5S/c12-11(13,14)20(16,17)19-8-6-18-10(15)9(8)7-4-2-1-3-5-7/h1-5H,6H2. The number of carbonyl (C=O) groups is 1. The van der Waals surface area contributed by atoms with Crippen molar-refractivity contribution in [1.82, 2.24) is 0 Å². The molecule has 0 N–H and O–H groups in total. The Hall–Kier alpha value is -2.03. The summed E-state index contributed by atoms with van der Waals surface area (Å²) in [5.41, 5.74) is -5.70. The summed E-state index contributed by atoms with van der Waals surface area (Å²) in [6.07, 6.45) is 0. The van der Waals surface area contributed by atoms with E-state index in [9.17, 15) is 26.4 Å². The highest BCUT2D eigenvalue weighted by Gasteiger charge is 2.50. The lowest BCUT2D eigenvalue weighted by atomic mass is 10.1. The van der Waals surface area contributed by atoms with Crippen LogP contribution in [-0.4, -0.2) is 26.5 Å².